The second-order valence-corrected chi connectivity index (χ2v) is 7.38. The van der Waals surface area contributed by atoms with Crippen LogP contribution in [0.15, 0.2) is 12.7 Å². The number of anilines is 1. The van der Waals surface area contributed by atoms with Gasteiger partial charge in [-0.1, -0.05) is 0 Å². The van der Waals surface area contributed by atoms with Crippen molar-refractivity contribution in [2.75, 3.05) is 25.4 Å². The smallest absolute Gasteiger partial charge is 0.407 e. The molecule has 2 saturated heterocycles. The number of nitrogens with one attached hydrogen (secondary N) is 1. The quantitative estimate of drug-likeness (QED) is 0.551. The van der Waals surface area contributed by atoms with Crippen LogP contribution in [0.2, 0.25) is 0 Å². The Morgan fingerprint density at radius 2 is 2.10 bits per heavy atom. The van der Waals surface area contributed by atoms with Gasteiger partial charge >= 0.3 is 6.09 Å². The summed E-state index contributed by atoms with van der Waals surface area (Å²) in [6.07, 6.45) is 1.12. The van der Waals surface area contributed by atoms with E-state index >= 15 is 0 Å². The molecule has 4 atom stereocenters. The monoisotopic (exact) mass is 407 g/mol. The van der Waals surface area contributed by atoms with E-state index < -0.39 is 36.4 Å². The summed E-state index contributed by atoms with van der Waals surface area (Å²) in [5, 5.41) is 2.64. The van der Waals surface area contributed by atoms with Gasteiger partial charge in [-0.2, -0.15) is 0 Å². The largest absolute Gasteiger partial charge is 0.447 e. The number of carbonyl (C=O) groups is 1. The van der Waals surface area contributed by atoms with Gasteiger partial charge in [0.25, 0.3) is 0 Å². The molecule has 2 aliphatic rings. The van der Waals surface area contributed by atoms with Crippen LogP contribution >= 0.6 is 0 Å². The molecule has 29 heavy (non-hydrogen) atoms. The topological polar surface area (TPSA) is 162 Å². The molecule has 158 valence electrons. The zero-order valence-electron chi connectivity index (χ0n) is 16.3. The minimum absolute atomic E-state index is 0.00924. The fourth-order valence-corrected chi connectivity index (χ4v) is 3.57. The first kappa shape index (κ1) is 19.8. The number of hydrogen-bond acceptors (Lipinski definition) is 10. The van der Waals surface area contributed by atoms with Gasteiger partial charge in [-0.15, -0.1) is 0 Å². The Balaban J connectivity index is 1.52. The van der Waals surface area contributed by atoms with Crippen LogP contribution in [0.5, 0.6) is 0 Å². The molecule has 5 N–H and O–H groups in total. The molecular weight excluding hydrogens is 382 g/mol. The fraction of sp³-hybridized carbons (Fsp3) is 0.647. The van der Waals surface area contributed by atoms with Gasteiger partial charge in [0, 0.05) is 6.54 Å². The maximum Gasteiger partial charge on any atom is 0.407 e. The molecule has 2 fully saturated rings. The average Bonchev–Trinajstić information content (AvgIpc) is 3.32. The standard InChI is InChI=1S/C17H25N7O5/c1-17(2)28-11-9(6-26-16(25)20-5-3-4-18)27-15(12(11)29-17)24-8-23-10-13(19)21-7-22-14(10)24/h7-9,11-12,15H,3-6,18H2,1-2H3,(H,20,25)(H2,19,21,22)/t9-,11-,12-,15-/m1/s1. The summed E-state index contributed by atoms with van der Waals surface area (Å²) in [7, 11) is 0. The lowest BCUT2D eigenvalue weighted by molar-refractivity contribution is -0.199. The van der Waals surface area contributed by atoms with Crippen LogP contribution in [0.3, 0.4) is 0 Å². The van der Waals surface area contributed by atoms with E-state index in [0.29, 0.717) is 30.7 Å². The van der Waals surface area contributed by atoms with E-state index in [4.69, 9.17) is 30.4 Å². The van der Waals surface area contributed by atoms with Crippen LogP contribution in [0.25, 0.3) is 11.2 Å². The Bertz CT molecular complexity index is 888. The van der Waals surface area contributed by atoms with Crippen LogP contribution in [0.4, 0.5) is 10.6 Å². The van der Waals surface area contributed by atoms with Crippen molar-refractivity contribution in [3.8, 4) is 0 Å². The Kier molecular flexibility index (Phi) is 5.25. The average molecular weight is 407 g/mol. The Morgan fingerprint density at radius 1 is 1.31 bits per heavy atom. The van der Waals surface area contributed by atoms with E-state index in [1.165, 1.54) is 6.33 Å². The highest BCUT2D eigenvalue weighted by atomic mass is 16.8. The lowest BCUT2D eigenvalue weighted by Crippen LogP contribution is -2.36. The molecule has 4 rings (SSSR count). The van der Waals surface area contributed by atoms with Crippen LogP contribution in [-0.4, -0.2) is 69.4 Å². The van der Waals surface area contributed by atoms with E-state index in [1.54, 1.807) is 10.9 Å². The van der Waals surface area contributed by atoms with Gasteiger partial charge < -0.3 is 35.7 Å². The van der Waals surface area contributed by atoms with E-state index in [9.17, 15) is 4.79 Å². The summed E-state index contributed by atoms with van der Waals surface area (Å²) >= 11 is 0. The maximum atomic E-state index is 11.9. The minimum Gasteiger partial charge on any atom is -0.447 e. The van der Waals surface area contributed by atoms with Gasteiger partial charge in [0.15, 0.2) is 23.5 Å². The number of aromatic nitrogens is 4. The summed E-state index contributed by atoms with van der Waals surface area (Å²) in [5.74, 6) is -0.523. The third-order valence-corrected chi connectivity index (χ3v) is 4.82. The minimum atomic E-state index is -0.802. The Morgan fingerprint density at radius 3 is 2.90 bits per heavy atom. The van der Waals surface area contributed by atoms with Gasteiger partial charge in [0.1, 0.15) is 36.8 Å². The third kappa shape index (κ3) is 3.83. The SMILES string of the molecule is CC1(C)O[C@@H]2[C@H](O1)[C@@H](COC(=O)NCCCN)O[C@H]2n1cnc2c(N)ncnc21. The number of nitrogen functional groups attached to an aromatic ring is 1. The van der Waals surface area contributed by atoms with E-state index in [2.05, 4.69) is 20.3 Å². The van der Waals surface area contributed by atoms with Crippen molar-refractivity contribution in [1.29, 1.82) is 0 Å². The molecular formula is C17H25N7O5. The Labute approximate surface area is 166 Å². The van der Waals surface area contributed by atoms with Crippen LogP contribution in [0, 0.1) is 0 Å². The first-order chi connectivity index (χ1) is 13.9. The summed E-state index contributed by atoms with van der Waals surface area (Å²) in [4.78, 5) is 24.4. The molecule has 0 radical (unpaired) electrons. The number of hydrogen-bond donors (Lipinski definition) is 3. The van der Waals surface area contributed by atoms with E-state index in [0.717, 1.165) is 0 Å². The van der Waals surface area contributed by atoms with Crippen LogP contribution in [-0.2, 0) is 18.9 Å². The maximum absolute atomic E-state index is 11.9. The molecule has 0 bridgehead atoms. The van der Waals surface area contributed by atoms with Crippen LogP contribution in [0.1, 0.15) is 26.5 Å². The number of nitrogens with zero attached hydrogens (tertiary/aromatic N) is 4. The van der Waals surface area contributed by atoms with Crippen LogP contribution < -0.4 is 16.8 Å². The summed E-state index contributed by atoms with van der Waals surface area (Å²) in [5.41, 5.74) is 12.3. The van der Waals surface area contributed by atoms with Gasteiger partial charge in [0.2, 0.25) is 0 Å². The predicted octanol–water partition coefficient (Wildman–Crippen LogP) is -0.0990. The molecule has 1 amide bonds. The van der Waals surface area contributed by atoms with Crippen molar-refractivity contribution in [2.24, 2.45) is 5.73 Å². The molecule has 0 aliphatic carbocycles. The normalized spacial score (nSPS) is 27.8. The number of alkyl carbamates (subject to hydrolysis) is 1. The van der Waals surface area contributed by atoms with Gasteiger partial charge in [-0.3, -0.25) is 4.57 Å². The number of imidazole rings is 1. The lowest BCUT2D eigenvalue weighted by Gasteiger charge is -2.24. The van der Waals surface area contributed by atoms with Gasteiger partial charge in [-0.25, -0.2) is 19.7 Å². The number of carbonyl (C=O) groups excluding carboxylic acids is 1. The molecule has 0 aromatic carbocycles. The molecule has 2 aliphatic heterocycles. The summed E-state index contributed by atoms with van der Waals surface area (Å²) in [6.45, 7) is 4.60. The highest BCUT2D eigenvalue weighted by Crippen LogP contribution is 2.43. The van der Waals surface area contributed by atoms with Gasteiger partial charge in [0.05, 0.1) is 6.33 Å². The molecule has 0 unspecified atom stereocenters. The first-order valence-corrected chi connectivity index (χ1v) is 9.44. The van der Waals surface area contributed by atoms with Crippen molar-refractivity contribution in [2.45, 2.75) is 50.6 Å². The van der Waals surface area contributed by atoms with Gasteiger partial charge in [-0.05, 0) is 26.8 Å². The zero-order chi connectivity index (χ0) is 20.6. The second kappa shape index (κ2) is 7.71. The molecule has 2 aromatic rings. The number of ether oxygens (including phenoxy) is 4. The third-order valence-electron chi connectivity index (χ3n) is 4.82. The summed E-state index contributed by atoms with van der Waals surface area (Å²) < 4.78 is 25.2. The van der Waals surface area contributed by atoms with E-state index in [1.807, 2.05) is 13.8 Å². The number of rotatable bonds is 6. The predicted molar refractivity (Wildman–Crippen MR) is 100 cm³/mol. The van der Waals surface area contributed by atoms with Crippen molar-refractivity contribution in [1.82, 2.24) is 24.8 Å². The first-order valence-electron chi connectivity index (χ1n) is 9.44. The molecule has 12 heteroatoms. The molecule has 2 aromatic heterocycles. The second-order valence-electron chi connectivity index (χ2n) is 7.38. The summed E-state index contributed by atoms with van der Waals surface area (Å²) in [6, 6.07) is 0. The molecule has 4 heterocycles. The molecule has 12 nitrogen and oxygen atoms in total. The number of fused-ring (bicyclic) bond motifs is 2. The highest BCUT2D eigenvalue weighted by molar-refractivity contribution is 5.81. The lowest BCUT2D eigenvalue weighted by atomic mass is 10.1. The van der Waals surface area contributed by atoms with E-state index in [-0.39, 0.29) is 12.4 Å². The number of amides is 1. The van der Waals surface area contributed by atoms with Crippen molar-refractivity contribution in [3.05, 3.63) is 12.7 Å². The number of nitrogens with two attached hydrogens (primary N) is 2. The van der Waals surface area contributed by atoms with Crippen molar-refractivity contribution >= 4 is 23.1 Å². The zero-order valence-corrected chi connectivity index (χ0v) is 16.3. The molecule has 0 saturated carbocycles. The Hall–Kier alpha value is -2.54. The fourth-order valence-electron chi connectivity index (χ4n) is 3.57. The van der Waals surface area contributed by atoms with Crippen molar-refractivity contribution < 1.29 is 23.7 Å². The highest BCUT2D eigenvalue weighted by Gasteiger charge is 2.56. The molecule has 0 spiro atoms. The van der Waals surface area contributed by atoms with Crippen molar-refractivity contribution in [3.63, 3.8) is 0 Å².